The fourth-order valence-corrected chi connectivity index (χ4v) is 1.65. The first kappa shape index (κ1) is 14.3. The van der Waals surface area contributed by atoms with Gasteiger partial charge in [0.15, 0.2) is 17.3 Å². The lowest BCUT2D eigenvalue weighted by atomic mass is 10.2. The maximum absolute atomic E-state index is 13.9. The van der Waals surface area contributed by atoms with Crippen LogP contribution < -0.4 is 15.2 Å². The van der Waals surface area contributed by atoms with Gasteiger partial charge in [0.05, 0.1) is 6.10 Å². The second-order valence-corrected chi connectivity index (χ2v) is 4.54. The van der Waals surface area contributed by atoms with Gasteiger partial charge in [0, 0.05) is 12.7 Å². The van der Waals surface area contributed by atoms with E-state index in [-0.39, 0.29) is 24.3 Å². The maximum Gasteiger partial charge on any atom is 0.262 e. The van der Waals surface area contributed by atoms with Crippen molar-refractivity contribution in [3.63, 3.8) is 0 Å². The molecule has 4 nitrogen and oxygen atoms in total. The van der Waals surface area contributed by atoms with Crippen LogP contribution in [0, 0.1) is 5.82 Å². The van der Waals surface area contributed by atoms with Crippen LogP contribution in [0.25, 0.3) is 0 Å². The van der Waals surface area contributed by atoms with Crippen molar-refractivity contribution in [2.75, 3.05) is 0 Å². The van der Waals surface area contributed by atoms with E-state index in [0.29, 0.717) is 11.3 Å². The molecule has 0 radical (unpaired) electrons. The Balaban J connectivity index is 2.26. The zero-order chi connectivity index (χ0) is 14.5. The van der Waals surface area contributed by atoms with Crippen LogP contribution in [0.5, 0.6) is 17.4 Å². The average molecular weight is 276 g/mol. The van der Waals surface area contributed by atoms with Gasteiger partial charge < -0.3 is 15.2 Å². The van der Waals surface area contributed by atoms with Crippen molar-refractivity contribution in [1.82, 2.24) is 4.98 Å². The van der Waals surface area contributed by atoms with Crippen molar-refractivity contribution >= 4 is 0 Å². The summed E-state index contributed by atoms with van der Waals surface area (Å²) in [6.07, 6.45) is 1.54. The first-order valence-corrected chi connectivity index (χ1v) is 6.38. The zero-order valence-electron chi connectivity index (χ0n) is 11.5. The number of halogens is 1. The molecule has 0 amide bonds. The molecule has 1 heterocycles. The van der Waals surface area contributed by atoms with E-state index < -0.39 is 5.82 Å². The van der Waals surface area contributed by atoms with Crippen LogP contribution >= 0.6 is 0 Å². The number of nitrogens with zero attached hydrogens (tertiary/aromatic N) is 1. The van der Waals surface area contributed by atoms with E-state index in [1.807, 2.05) is 13.8 Å². The minimum absolute atomic E-state index is 0.0222. The molecule has 2 rings (SSSR count). The highest BCUT2D eigenvalue weighted by Gasteiger charge is 2.12. The molecule has 20 heavy (non-hydrogen) atoms. The Morgan fingerprint density at radius 2 is 2.05 bits per heavy atom. The monoisotopic (exact) mass is 276 g/mol. The molecule has 0 aliphatic rings. The smallest absolute Gasteiger partial charge is 0.262 e. The summed E-state index contributed by atoms with van der Waals surface area (Å²) in [4.78, 5) is 4.07. The Labute approximate surface area is 117 Å². The first-order valence-electron chi connectivity index (χ1n) is 6.38. The van der Waals surface area contributed by atoms with Crippen molar-refractivity contribution in [3.8, 4) is 17.4 Å². The van der Waals surface area contributed by atoms with Gasteiger partial charge in [0.1, 0.15) is 0 Å². The fraction of sp³-hybridized carbons (Fsp3) is 0.267. The van der Waals surface area contributed by atoms with Crippen LogP contribution in [-0.4, -0.2) is 11.1 Å². The lowest BCUT2D eigenvalue weighted by Gasteiger charge is -2.14. The Morgan fingerprint density at radius 3 is 2.70 bits per heavy atom. The maximum atomic E-state index is 13.9. The molecule has 106 valence electrons. The predicted molar refractivity (Wildman–Crippen MR) is 74.4 cm³/mol. The summed E-state index contributed by atoms with van der Waals surface area (Å²) in [5.74, 6) is 0.328. The number of benzene rings is 1. The molecule has 0 fully saturated rings. The van der Waals surface area contributed by atoms with Gasteiger partial charge in [-0.05, 0) is 43.7 Å². The molecule has 0 aliphatic heterocycles. The van der Waals surface area contributed by atoms with E-state index in [4.69, 9.17) is 15.2 Å². The van der Waals surface area contributed by atoms with E-state index in [9.17, 15) is 4.39 Å². The third-order valence-electron chi connectivity index (χ3n) is 2.54. The summed E-state index contributed by atoms with van der Waals surface area (Å²) in [7, 11) is 0. The molecule has 0 unspecified atom stereocenters. The normalized spacial score (nSPS) is 10.7. The highest BCUT2D eigenvalue weighted by molar-refractivity contribution is 5.38. The Morgan fingerprint density at radius 1 is 1.25 bits per heavy atom. The number of aromatic nitrogens is 1. The number of nitrogens with two attached hydrogens (primary N) is 1. The predicted octanol–water partition coefficient (Wildman–Crippen LogP) is 3.26. The topological polar surface area (TPSA) is 57.4 Å². The van der Waals surface area contributed by atoms with Gasteiger partial charge in [-0.1, -0.05) is 6.07 Å². The van der Waals surface area contributed by atoms with Gasteiger partial charge in [0.2, 0.25) is 0 Å². The van der Waals surface area contributed by atoms with E-state index >= 15 is 0 Å². The number of hydrogen-bond acceptors (Lipinski definition) is 4. The third-order valence-corrected chi connectivity index (χ3v) is 2.54. The summed E-state index contributed by atoms with van der Waals surface area (Å²) < 4.78 is 24.9. The molecule has 0 aliphatic carbocycles. The lowest BCUT2D eigenvalue weighted by molar-refractivity contribution is 0.230. The van der Waals surface area contributed by atoms with Gasteiger partial charge in [0.25, 0.3) is 5.88 Å². The first-order chi connectivity index (χ1) is 9.60. The van der Waals surface area contributed by atoms with Crippen LogP contribution in [0.15, 0.2) is 36.5 Å². The van der Waals surface area contributed by atoms with Gasteiger partial charge in [-0.2, -0.15) is 0 Å². The standard InChI is InChI=1S/C15H17FN2O2/c1-10(2)19-14-4-3-7-18-15(14)20-13-6-5-11(9-17)8-12(13)16/h3-8,10H,9,17H2,1-2H3. The van der Waals surface area contributed by atoms with E-state index in [2.05, 4.69) is 4.98 Å². The molecular formula is C15H17FN2O2. The van der Waals surface area contributed by atoms with Gasteiger partial charge in [-0.25, -0.2) is 9.37 Å². The van der Waals surface area contributed by atoms with Crippen LogP contribution in [-0.2, 0) is 6.54 Å². The minimum atomic E-state index is -0.478. The summed E-state index contributed by atoms with van der Waals surface area (Å²) in [5.41, 5.74) is 6.16. The summed E-state index contributed by atoms with van der Waals surface area (Å²) in [6.45, 7) is 4.07. The second kappa shape index (κ2) is 6.34. The Hall–Kier alpha value is -2.14. The highest BCUT2D eigenvalue weighted by atomic mass is 19.1. The summed E-state index contributed by atoms with van der Waals surface area (Å²) >= 11 is 0. The molecule has 5 heteroatoms. The van der Waals surface area contributed by atoms with Gasteiger partial charge >= 0.3 is 0 Å². The third kappa shape index (κ3) is 3.45. The van der Waals surface area contributed by atoms with Crippen molar-refractivity contribution in [2.24, 2.45) is 5.73 Å². The lowest BCUT2D eigenvalue weighted by Crippen LogP contribution is -2.07. The van der Waals surface area contributed by atoms with Gasteiger partial charge in [-0.3, -0.25) is 0 Å². The van der Waals surface area contributed by atoms with Crippen LogP contribution in [0.3, 0.4) is 0 Å². The van der Waals surface area contributed by atoms with Crippen molar-refractivity contribution < 1.29 is 13.9 Å². The van der Waals surface area contributed by atoms with Crippen LogP contribution in [0.2, 0.25) is 0 Å². The Bertz CT molecular complexity index is 588. The molecule has 0 saturated heterocycles. The number of pyridine rings is 1. The molecule has 0 spiro atoms. The Kier molecular flexibility index (Phi) is 4.53. The number of ether oxygens (including phenoxy) is 2. The zero-order valence-corrected chi connectivity index (χ0v) is 11.5. The number of hydrogen-bond donors (Lipinski definition) is 1. The largest absolute Gasteiger partial charge is 0.485 e. The van der Waals surface area contributed by atoms with Crippen LogP contribution in [0.1, 0.15) is 19.4 Å². The quantitative estimate of drug-likeness (QED) is 0.910. The minimum Gasteiger partial charge on any atom is -0.485 e. The van der Waals surface area contributed by atoms with E-state index in [1.165, 1.54) is 12.1 Å². The molecule has 0 atom stereocenters. The number of rotatable bonds is 5. The fourth-order valence-electron chi connectivity index (χ4n) is 1.65. The van der Waals surface area contributed by atoms with E-state index in [0.717, 1.165) is 0 Å². The molecule has 1 aromatic heterocycles. The van der Waals surface area contributed by atoms with Crippen molar-refractivity contribution in [1.29, 1.82) is 0 Å². The summed E-state index contributed by atoms with van der Waals surface area (Å²) in [6, 6.07) is 8.06. The molecule has 2 N–H and O–H groups in total. The molecular weight excluding hydrogens is 259 g/mol. The highest BCUT2D eigenvalue weighted by Crippen LogP contribution is 2.31. The SMILES string of the molecule is CC(C)Oc1cccnc1Oc1ccc(CN)cc1F. The molecule has 2 aromatic rings. The average Bonchev–Trinajstić information content (AvgIpc) is 2.42. The van der Waals surface area contributed by atoms with E-state index in [1.54, 1.807) is 24.4 Å². The van der Waals surface area contributed by atoms with Crippen molar-refractivity contribution in [3.05, 3.63) is 47.9 Å². The molecule has 0 saturated carbocycles. The van der Waals surface area contributed by atoms with Crippen LogP contribution in [0.4, 0.5) is 4.39 Å². The second-order valence-electron chi connectivity index (χ2n) is 4.54. The molecule has 0 bridgehead atoms. The van der Waals surface area contributed by atoms with Crippen molar-refractivity contribution in [2.45, 2.75) is 26.5 Å². The van der Waals surface area contributed by atoms with Gasteiger partial charge in [-0.15, -0.1) is 0 Å². The summed E-state index contributed by atoms with van der Waals surface area (Å²) in [5, 5.41) is 0. The molecule has 1 aromatic carbocycles.